The highest BCUT2D eigenvalue weighted by Gasteiger charge is 2.33. The zero-order valence-electron chi connectivity index (χ0n) is 12.3. The molecule has 0 amide bonds. The minimum atomic E-state index is 0.270. The molecule has 0 aliphatic carbocycles. The molecule has 0 spiro atoms. The summed E-state index contributed by atoms with van der Waals surface area (Å²) in [4.78, 5) is 2.69. The maximum atomic E-state index is 6.06. The molecule has 0 saturated carbocycles. The predicted molar refractivity (Wildman–Crippen MR) is 76.1 cm³/mol. The topological polar surface area (TPSA) is 29.3 Å². The van der Waals surface area contributed by atoms with Gasteiger partial charge in [-0.2, -0.15) is 0 Å². The third-order valence-electron chi connectivity index (χ3n) is 5.08. The first-order chi connectivity index (χ1) is 8.09. The molecule has 102 valence electrons. The van der Waals surface area contributed by atoms with Gasteiger partial charge in [-0.1, -0.05) is 27.7 Å². The molecule has 0 aromatic carbocycles. The summed E-state index contributed by atoms with van der Waals surface area (Å²) in [5.74, 6) is 1.76. The number of nitrogens with two attached hydrogens (primary N) is 1. The Balaban J connectivity index is 2.66. The molecule has 2 heteroatoms. The van der Waals surface area contributed by atoms with Crippen molar-refractivity contribution in [3.05, 3.63) is 0 Å². The lowest BCUT2D eigenvalue weighted by atomic mass is 9.88. The molecule has 0 radical (unpaired) electrons. The van der Waals surface area contributed by atoms with E-state index >= 15 is 0 Å². The summed E-state index contributed by atoms with van der Waals surface area (Å²) >= 11 is 0. The quantitative estimate of drug-likeness (QED) is 0.799. The summed E-state index contributed by atoms with van der Waals surface area (Å²) in [5, 5.41) is 0. The Morgan fingerprint density at radius 1 is 1.18 bits per heavy atom. The van der Waals surface area contributed by atoms with E-state index in [2.05, 4.69) is 32.6 Å². The van der Waals surface area contributed by atoms with Crippen LogP contribution in [-0.4, -0.2) is 30.1 Å². The molecule has 1 aliphatic heterocycles. The van der Waals surface area contributed by atoms with Crippen molar-refractivity contribution in [2.45, 2.75) is 65.3 Å². The van der Waals surface area contributed by atoms with Crippen LogP contribution in [0.3, 0.4) is 0 Å². The van der Waals surface area contributed by atoms with Gasteiger partial charge in [0, 0.05) is 12.1 Å². The van der Waals surface area contributed by atoms with Crippen LogP contribution in [0, 0.1) is 11.8 Å². The summed E-state index contributed by atoms with van der Waals surface area (Å²) in [6.07, 6.45) is 6.49. The van der Waals surface area contributed by atoms with E-state index in [0.717, 1.165) is 18.4 Å². The molecule has 1 atom stereocenters. The van der Waals surface area contributed by atoms with Crippen LogP contribution in [0.2, 0.25) is 0 Å². The van der Waals surface area contributed by atoms with Crippen LogP contribution < -0.4 is 5.73 Å². The van der Waals surface area contributed by atoms with Crippen molar-refractivity contribution in [3.8, 4) is 0 Å². The Morgan fingerprint density at radius 2 is 1.82 bits per heavy atom. The van der Waals surface area contributed by atoms with Gasteiger partial charge < -0.3 is 5.73 Å². The normalized spacial score (nSPS) is 24.0. The van der Waals surface area contributed by atoms with Crippen molar-refractivity contribution in [1.82, 2.24) is 4.90 Å². The molecule has 1 saturated heterocycles. The smallest absolute Gasteiger partial charge is 0.0326 e. The molecule has 0 aromatic heterocycles. The van der Waals surface area contributed by atoms with Crippen LogP contribution in [0.5, 0.6) is 0 Å². The summed E-state index contributed by atoms with van der Waals surface area (Å²) in [5.41, 5.74) is 6.33. The Kier molecular flexibility index (Phi) is 5.94. The van der Waals surface area contributed by atoms with Gasteiger partial charge in [-0.15, -0.1) is 0 Å². The zero-order chi connectivity index (χ0) is 12.9. The lowest BCUT2D eigenvalue weighted by Crippen LogP contribution is -2.53. The first-order valence-electron chi connectivity index (χ1n) is 7.54. The highest BCUT2D eigenvalue weighted by atomic mass is 15.2. The second-order valence-corrected chi connectivity index (χ2v) is 6.06. The molecule has 2 N–H and O–H groups in total. The average Bonchev–Trinajstić information content (AvgIpc) is 2.58. The maximum Gasteiger partial charge on any atom is 0.0326 e. The van der Waals surface area contributed by atoms with Crippen molar-refractivity contribution < 1.29 is 0 Å². The highest BCUT2D eigenvalue weighted by molar-refractivity contribution is 4.91. The van der Waals surface area contributed by atoms with E-state index in [0.29, 0.717) is 0 Å². The van der Waals surface area contributed by atoms with Gasteiger partial charge >= 0.3 is 0 Å². The fourth-order valence-electron chi connectivity index (χ4n) is 3.38. The highest BCUT2D eigenvalue weighted by Crippen LogP contribution is 2.30. The van der Waals surface area contributed by atoms with Gasteiger partial charge in [0.25, 0.3) is 0 Å². The van der Waals surface area contributed by atoms with Gasteiger partial charge in [0.2, 0.25) is 0 Å². The molecule has 2 nitrogen and oxygen atoms in total. The minimum absolute atomic E-state index is 0.270. The van der Waals surface area contributed by atoms with Crippen LogP contribution in [0.15, 0.2) is 0 Å². The van der Waals surface area contributed by atoms with E-state index in [1.165, 1.54) is 45.2 Å². The van der Waals surface area contributed by atoms with Crippen LogP contribution in [0.4, 0.5) is 0 Å². The monoisotopic (exact) mass is 240 g/mol. The van der Waals surface area contributed by atoms with E-state index in [1.807, 2.05) is 0 Å². The molecule has 1 fully saturated rings. The van der Waals surface area contributed by atoms with Crippen molar-refractivity contribution >= 4 is 0 Å². The Morgan fingerprint density at radius 3 is 2.29 bits per heavy atom. The second kappa shape index (κ2) is 6.75. The third-order valence-corrected chi connectivity index (χ3v) is 5.08. The van der Waals surface area contributed by atoms with E-state index in [1.54, 1.807) is 0 Å². The number of hydrogen-bond donors (Lipinski definition) is 1. The third kappa shape index (κ3) is 3.45. The Bertz CT molecular complexity index is 201. The molecule has 1 heterocycles. The molecular formula is C15H32N2. The number of likely N-dealkylation sites (tertiary alicyclic amines) is 1. The van der Waals surface area contributed by atoms with Crippen LogP contribution in [-0.2, 0) is 0 Å². The first-order valence-corrected chi connectivity index (χ1v) is 7.54. The van der Waals surface area contributed by atoms with Gasteiger partial charge in [0.05, 0.1) is 0 Å². The molecular weight excluding hydrogens is 208 g/mol. The number of nitrogens with zero attached hydrogens (tertiary/aromatic N) is 1. The lowest BCUT2D eigenvalue weighted by Gasteiger charge is -2.42. The first kappa shape index (κ1) is 15.0. The van der Waals surface area contributed by atoms with Crippen molar-refractivity contribution in [2.75, 3.05) is 19.6 Å². The van der Waals surface area contributed by atoms with Crippen LogP contribution >= 0.6 is 0 Å². The molecule has 1 aliphatic rings. The summed E-state index contributed by atoms with van der Waals surface area (Å²) in [6, 6.07) is 0. The van der Waals surface area contributed by atoms with Gasteiger partial charge in [0.15, 0.2) is 0 Å². The van der Waals surface area contributed by atoms with E-state index < -0.39 is 0 Å². The van der Waals surface area contributed by atoms with Crippen molar-refractivity contribution in [1.29, 1.82) is 0 Å². The van der Waals surface area contributed by atoms with E-state index in [4.69, 9.17) is 5.73 Å². The standard InChI is InChI=1S/C15H32N2/c1-5-15(6-2,12-16)17-10-7-8-14(9-11-17)13(3)4/h13-14H,5-12,16H2,1-4H3. The molecule has 0 bridgehead atoms. The maximum absolute atomic E-state index is 6.06. The molecule has 17 heavy (non-hydrogen) atoms. The van der Waals surface area contributed by atoms with E-state index in [9.17, 15) is 0 Å². The number of hydrogen-bond acceptors (Lipinski definition) is 2. The zero-order valence-corrected chi connectivity index (χ0v) is 12.3. The van der Waals surface area contributed by atoms with E-state index in [-0.39, 0.29) is 5.54 Å². The van der Waals surface area contributed by atoms with Crippen LogP contribution in [0.25, 0.3) is 0 Å². The molecule has 0 aromatic rings. The second-order valence-electron chi connectivity index (χ2n) is 6.06. The average molecular weight is 240 g/mol. The fraction of sp³-hybridized carbons (Fsp3) is 1.00. The fourth-order valence-corrected chi connectivity index (χ4v) is 3.38. The molecule has 1 unspecified atom stereocenters. The number of rotatable bonds is 5. The summed E-state index contributed by atoms with van der Waals surface area (Å²) in [6.45, 7) is 12.6. The largest absolute Gasteiger partial charge is 0.329 e. The Hall–Kier alpha value is -0.0800. The minimum Gasteiger partial charge on any atom is -0.329 e. The van der Waals surface area contributed by atoms with Gasteiger partial charge in [-0.05, 0) is 57.0 Å². The van der Waals surface area contributed by atoms with Crippen LogP contribution in [0.1, 0.15) is 59.8 Å². The summed E-state index contributed by atoms with van der Waals surface area (Å²) < 4.78 is 0. The van der Waals surface area contributed by atoms with Crippen molar-refractivity contribution in [2.24, 2.45) is 17.6 Å². The van der Waals surface area contributed by atoms with Gasteiger partial charge in [-0.25, -0.2) is 0 Å². The van der Waals surface area contributed by atoms with Gasteiger partial charge in [-0.3, -0.25) is 4.90 Å². The predicted octanol–water partition coefficient (Wildman–Crippen LogP) is 3.26. The Labute approximate surface area is 108 Å². The van der Waals surface area contributed by atoms with Gasteiger partial charge in [0.1, 0.15) is 0 Å². The summed E-state index contributed by atoms with van der Waals surface area (Å²) in [7, 11) is 0. The lowest BCUT2D eigenvalue weighted by molar-refractivity contribution is 0.0868. The SMILES string of the molecule is CCC(CC)(CN)N1CCCC(C(C)C)CC1. The molecule has 1 rings (SSSR count). The van der Waals surface area contributed by atoms with Crippen molar-refractivity contribution in [3.63, 3.8) is 0 Å².